The highest BCUT2D eigenvalue weighted by atomic mass is 35.5. The number of amides is 1. The monoisotopic (exact) mass is 612 g/mol. The molecule has 1 fully saturated rings. The number of halogens is 2. The minimum absolute atomic E-state index is 0.0859. The van der Waals surface area contributed by atoms with Gasteiger partial charge in [-0.1, -0.05) is 47.5 Å². The number of aromatic nitrogens is 4. The van der Waals surface area contributed by atoms with Gasteiger partial charge in [0, 0.05) is 47.5 Å². The minimum atomic E-state index is -4.18. The van der Waals surface area contributed by atoms with Crippen LogP contribution in [-0.2, 0) is 31.6 Å². The zero-order valence-electron chi connectivity index (χ0n) is 21.5. The minimum Gasteiger partial charge on any atom is -0.481 e. The van der Waals surface area contributed by atoms with Gasteiger partial charge in [0.05, 0.1) is 17.8 Å². The second-order valence-corrected chi connectivity index (χ2v) is 12.9. The van der Waals surface area contributed by atoms with Crippen molar-refractivity contribution in [1.82, 2.24) is 23.8 Å². The average molecular weight is 613 g/mol. The third kappa shape index (κ3) is 4.56. The molecule has 1 atom stereocenters. The Morgan fingerprint density at radius 1 is 1.02 bits per heavy atom. The van der Waals surface area contributed by atoms with Crippen LogP contribution in [0.15, 0.2) is 72.4 Å². The molecule has 0 bridgehead atoms. The van der Waals surface area contributed by atoms with E-state index in [9.17, 15) is 23.1 Å². The molecule has 1 saturated heterocycles. The van der Waals surface area contributed by atoms with Crippen LogP contribution in [0.4, 0.5) is 11.6 Å². The van der Waals surface area contributed by atoms with Crippen LogP contribution in [-0.4, -0.2) is 62.3 Å². The van der Waals surface area contributed by atoms with Gasteiger partial charge >= 0.3 is 5.97 Å². The van der Waals surface area contributed by atoms with Gasteiger partial charge in [0.15, 0.2) is 5.03 Å². The van der Waals surface area contributed by atoms with E-state index < -0.39 is 33.4 Å². The Kier molecular flexibility index (Phi) is 6.61. The molecule has 0 spiro atoms. The third-order valence-electron chi connectivity index (χ3n) is 7.37. The van der Waals surface area contributed by atoms with Gasteiger partial charge < -0.3 is 5.11 Å². The molecule has 0 radical (unpaired) electrons. The molecule has 0 saturated carbocycles. The van der Waals surface area contributed by atoms with Crippen LogP contribution in [0.3, 0.4) is 0 Å². The third-order valence-corrected chi connectivity index (χ3v) is 9.60. The highest BCUT2D eigenvalue weighted by Gasteiger charge is 2.53. The van der Waals surface area contributed by atoms with Crippen molar-refractivity contribution in [3.05, 3.63) is 83.0 Å². The van der Waals surface area contributed by atoms with Crippen molar-refractivity contribution in [1.29, 1.82) is 0 Å². The number of imidazole rings is 1. The lowest BCUT2D eigenvalue weighted by Crippen LogP contribution is -2.53. The molecule has 2 aromatic carbocycles. The van der Waals surface area contributed by atoms with E-state index in [1.807, 2.05) is 24.3 Å². The number of nitrogens with zero attached hydrogens (tertiary/aromatic N) is 6. The summed E-state index contributed by atoms with van der Waals surface area (Å²) in [6.45, 7) is 1.32. The van der Waals surface area contributed by atoms with E-state index >= 15 is 0 Å². The number of carboxylic acid groups (broad SMARTS) is 1. The molecule has 2 aromatic heterocycles. The lowest BCUT2D eigenvalue weighted by molar-refractivity contribution is -0.145. The summed E-state index contributed by atoms with van der Waals surface area (Å²) in [6, 6.07) is 12.1. The Hall–Kier alpha value is -3.84. The van der Waals surface area contributed by atoms with Crippen molar-refractivity contribution >= 4 is 56.7 Å². The summed E-state index contributed by atoms with van der Waals surface area (Å²) in [6.07, 6.45) is 6.15. The summed E-state index contributed by atoms with van der Waals surface area (Å²) in [5, 5.41) is 9.64. The average Bonchev–Trinajstić information content (AvgIpc) is 3.42. The maximum absolute atomic E-state index is 14.2. The number of anilines is 2. The lowest BCUT2D eigenvalue weighted by atomic mass is 9.91. The van der Waals surface area contributed by atoms with Gasteiger partial charge in [0.1, 0.15) is 11.9 Å². The van der Waals surface area contributed by atoms with Gasteiger partial charge in [-0.15, -0.1) is 0 Å². The SMILES string of the molecule is CC1(Cc2ccc(-c3cncnc3)cc2)C(=O)N(c2cc(Cl)cc(Cl)c2)c2ncc(S(=O)(=O)N3CC(C(=O)O)C3)n21. The molecule has 2 aliphatic rings. The Labute approximate surface area is 245 Å². The predicted octanol–water partition coefficient (Wildman–Crippen LogP) is 3.99. The summed E-state index contributed by atoms with van der Waals surface area (Å²) in [4.78, 5) is 39.3. The molecule has 41 heavy (non-hydrogen) atoms. The Balaban J connectivity index is 1.43. The van der Waals surface area contributed by atoms with E-state index in [1.54, 1.807) is 31.5 Å². The molecule has 6 rings (SSSR count). The van der Waals surface area contributed by atoms with Crippen LogP contribution in [0.2, 0.25) is 10.0 Å². The van der Waals surface area contributed by atoms with Gasteiger partial charge in [0.25, 0.3) is 15.9 Å². The number of carboxylic acids is 1. The number of carbonyl (C=O) groups is 2. The van der Waals surface area contributed by atoms with Gasteiger partial charge in [-0.25, -0.2) is 28.3 Å². The van der Waals surface area contributed by atoms with Crippen molar-refractivity contribution in [3.63, 3.8) is 0 Å². The zero-order chi connectivity index (χ0) is 29.1. The topological polar surface area (TPSA) is 139 Å². The molecule has 2 aliphatic heterocycles. The van der Waals surface area contributed by atoms with Gasteiger partial charge in [-0.3, -0.25) is 14.2 Å². The number of benzene rings is 2. The van der Waals surface area contributed by atoms with Crippen LogP contribution < -0.4 is 4.90 Å². The Bertz CT molecular complexity index is 1770. The molecule has 1 unspecified atom stereocenters. The number of fused-ring (bicyclic) bond motifs is 1. The Morgan fingerprint density at radius 3 is 2.27 bits per heavy atom. The molecule has 210 valence electrons. The Morgan fingerprint density at radius 2 is 1.66 bits per heavy atom. The number of aliphatic carboxylic acids is 1. The zero-order valence-corrected chi connectivity index (χ0v) is 23.8. The molecule has 0 aliphatic carbocycles. The summed E-state index contributed by atoms with van der Waals surface area (Å²) >= 11 is 12.5. The first-order valence-corrected chi connectivity index (χ1v) is 14.6. The van der Waals surface area contributed by atoms with Crippen LogP contribution >= 0.6 is 23.2 Å². The number of sulfonamides is 1. The molecular weight excluding hydrogens is 591 g/mol. The van der Waals surface area contributed by atoms with Crippen LogP contribution in [0, 0.1) is 5.92 Å². The van der Waals surface area contributed by atoms with E-state index in [1.165, 1.54) is 28.1 Å². The van der Waals surface area contributed by atoms with Crippen molar-refractivity contribution in [2.45, 2.75) is 23.9 Å². The highest BCUT2D eigenvalue weighted by molar-refractivity contribution is 7.89. The summed E-state index contributed by atoms with van der Waals surface area (Å²) in [5.74, 6) is -2.20. The quantitative estimate of drug-likeness (QED) is 0.330. The second kappa shape index (κ2) is 9.91. The molecule has 4 aromatic rings. The number of rotatable bonds is 7. The molecular formula is C27H22Cl2N6O5S. The number of carbonyl (C=O) groups excluding carboxylic acids is 1. The first-order valence-electron chi connectivity index (χ1n) is 12.5. The first kappa shape index (κ1) is 27.3. The highest BCUT2D eigenvalue weighted by Crippen LogP contribution is 2.45. The fourth-order valence-corrected chi connectivity index (χ4v) is 7.43. The first-order chi connectivity index (χ1) is 19.5. The van der Waals surface area contributed by atoms with E-state index in [0.717, 1.165) is 21.0 Å². The molecule has 14 heteroatoms. The van der Waals surface area contributed by atoms with Gasteiger partial charge in [-0.2, -0.15) is 4.31 Å². The normalized spacial score (nSPS) is 19.3. The fourth-order valence-electron chi connectivity index (χ4n) is 5.20. The van der Waals surface area contributed by atoms with Gasteiger partial charge in [-0.05, 0) is 36.2 Å². The van der Waals surface area contributed by atoms with Crippen molar-refractivity contribution in [2.24, 2.45) is 5.92 Å². The number of hydrogen-bond donors (Lipinski definition) is 1. The molecule has 1 amide bonds. The van der Waals surface area contributed by atoms with Crippen LogP contribution in [0.1, 0.15) is 12.5 Å². The van der Waals surface area contributed by atoms with Crippen LogP contribution in [0.5, 0.6) is 0 Å². The molecule has 1 N–H and O–H groups in total. The second-order valence-electron chi connectivity index (χ2n) is 10.1. The fraction of sp³-hybridized carbons (Fsp3) is 0.222. The van der Waals surface area contributed by atoms with Crippen LogP contribution in [0.25, 0.3) is 11.1 Å². The lowest BCUT2D eigenvalue weighted by Gasteiger charge is -2.36. The van der Waals surface area contributed by atoms with Crippen molar-refractivity contribution in [3.8, 4) is 11.1 Å². The predicted molar refractivity (Wildman–Crippen MR) is 151 cm³/mol. The number of hydrogen-bond acceptors (Lipinski definition) is 7. The largest absolute Gasteiger partial charge is 0.481 e. The summed E-state index contributed by atoms with van der Waals surface area (Å²) in [7, 11) is -4.18. The maximum atomic E-state index is 14.2. The summed E-state index contributed by atoms with van der Waals surface area (Å²) in [5.41, 5.74) is 1.39. The van der Waals surface area contributed by atoms with Crippen molar-refractivity contribution in [2.75, 3.05) is 18.0 Å². The maximum Gasteiger partial charge on any atom is 0.309 e. The molecule has 4 heterocycles. The van der Waals surface area contributed by atoms with E-state index in [-0.39, 0.29) is 30.5 Å². The van der Waals surface area contributed by atoms with E-state index in [2.05, 4.69) is 15.0 Å². The smallest absolute Gasteiger partial charge is 0.309 e. The van der Waals surface area contributed by atoms with Gasteiger partial charge in [0.2, 0.25) is 5.95 Å². The molecule has 11 nitrogen and oxygen atoms in total. The van der Waals surface area contributed by atoms with Crippen molar-refractivity contribution < 1.29 is 23.1 Å². The van der Waals surface area contributed by atoms with E-state index in [4.69, 9.17) is 23.2 Å². The standard InChI is InChI=1S/C27H22Cl2N6O5S/c1-27(9-16-2-4-17(5-3-16)18-10-30-15-31-11-18)25(38)34(22-7-20(28)6-21(29)8-22)26-32-12-23(35(26)27)41(39,40)33-13-19(14-33)24(36)37/h2-8,10-12,15,19H,9,13-14H2,1H3,(H,36,37). The van der Waals surface area contributed by atoms with E-state index in [0.29, 0.717) is 15.7 Å². The summed E-state index contributed by atoms with van der Waals surface area (Å²) < 4.78 is 29.9.